The van der Waals surface area contributed by atoms with Gasteiger partial charge in [-0.3, -0.25) is 9.52 Å². The molecular formula is C19H22N2O3S. The van der Waals surface area contributed by atoms with Gasteiger partial charge in [0.25, 0.3) is 15.9 Å². The van der Waals surface area contributed by atoms with Crippen LogP contribution in [0.5, 0.6) is 0 Å². The van der Waals surface area contributed by atoms with E-state index in [4.69, 9.17) is 0 Å². The van der Waals surface area contributed by atoms with Crippen LogP contribution in [0.3, 0.4) is 0 Å². The average molecular weight is 358 g/mol. The highest BCUT2D eigenvalue weighted by Crippen LogP contribution is 2.22. The Kier molecular flexibility index (Phi) is 5.08. The van der Waals surface area contributed by atoms with E-state index in [2.05, 4.69) is 4.72 Å². The van der Waals surface area contributed by atoms with Gasteiger partial charge in [-0.15, -0.1) is 0 Å². The van der Waals surface area contributed by atoms with Crippen molar-refractivity contribution in [2.24, 2.45) is 0 Å². The first kappa shape index (κ1) is 17.5. The highest BCUT2D eigenvalue weighted by molar-refractivity contribution is 7.92. The molecule has 2 aromatic carbocycles. The van der Waals surface area contributed by atoms with Crippen molar-refractivity contribution in [1.29, 1.82) is 0 Å². The third-order valence-electron chi connectivity index (χ3n) is 4.41. The molecule has 0 atom stereocenters. The van der Waals surface area contributed by atoms with Crippen molar-refractivity contribution in [3.8, 4) is 0 Å². The Hall–Kier alpha value is -2.34. The Morgan fingerprint density at radius 2 is 1.68 bits per heavy atom. The molecule has 0 radical (unpaired) electrons. The topological polar surface area (TPSA) is 66.5 Å². The first-order valence-corrected chi connectivity index (χ1v) is 9.93. The number of rotatable bonds is 4. The Labute approximate surface area is 148 Å². The van der Waals surface area contributed by atoms with Gasteiger partial charge in [0.05, 0.1) is 10.6 Å². The Balaban J connectivity index is 1.79. The highest BCUT2D eigenvalue weighted by atomic mass is 32.2. The van der Waals surface area contributed by atoms with Crippen LogP contribution in [0.25, 0.3) is 0 Å². The summed E-state index contributed by atoms with van der Waals surface area (Å²) < 4.78 is 27.5. The molecule has 5 nitrogen and oxygen atoms in total. The Morgan fingerprint density at radius 3 is 2.32 bits per heavy atom. The van der Waals surface area contributed by atoms with E-state index in [1.165, 1.54) is 6.42 Å². The molecule has 3 rings (SSSR count). The molecule has 0 bridgehead atoms. The molecule has 132 valence electrons. The molecule has 1 N–H and O–H groups in total. The molecule has 0 aliphatic carbocycles. The van der Waals surface area contributed by atoms with Gasteiger partial charge in [0.15, 0.2) is 0 Å². The molecule has 1 aliphatic heterocycles. The normalized spacial score (nSPS) is 15.0. The number of nitrogens with zero attached hydrogens (tertiary/aromatic N) is 1. The number of aryl methyl sites for hydroxylation is 1. The first-order chi connectivity index (χ1) is 12.0. The van der Waals surface area contributed by atoms with Gasteiger partial charge in [0.1, 0.15) is 0 Å². The molecular weight excluding hydrogens is 336 g/mol. The quantitative estimate of drug-likeness (QED) is 0.911. The van der Waals surface area contributed by atoms with Crippen molar-refractivity contribution in [3.63, 3.8) is 0 Å². The van der Waals surface area contributed by atoms with Crippen molar-refractivity contribution in [3.05, 3.63) is 59.7 Å². The second-order valence-electron chi connectivity index (χ2n) is 6.30. The summed E-state index contributed by atoms with van der Waals surface area (Å²) in [6.45, 7) is 3.39. The minimum Gasteiger partial charge on any atom is -0.339 e. The van der Waals surface area contributed by atoms with E-state index in [9.17, 15) is 13.2 Å². The molecule has 1 fully saturated rings. The van der Waals surface area contributed by atoms with Gasteiger partial charge in [-0.05, 0) is 62.1 Å². The van der Waals surface area contributed by atoms with E-state index in [0.717, 1.165) is 31.5 Å². The molecule has 1 heterocycles. The van der Waals surface area contributed by atoms with Crippen molar-refractivity contribution < 1.29 is 13.2 Å². The Morgan fingerprint density at radius 1 is 1.00 bits per heavy atom. The zero-order valence-electron chi connectivity index (χ0n) is 14.2. The largest absolute Gasteiger partial charge is 0.339 e. The van der Waals surface area contributed by atoms with Crippen LogP contribution < -0.4 is 4.72 Å². The number of likely N-dealkylation sites (tertiary alicyclic amines) is 1. The molecule has 1 aliphatic rings. The summed E-state index contributed by atoms with van der Waals surface area (Å²) in [5, 5.41) is 0. The smallest absolute Gasteiger partial charge is 0.261 e. The van der Waals surface area contributed by atoms with Crippen LogP contribution in [0.1, 0.15) is 35.2 Å². The number of hydrogen-bond acceptors (Lipinski definition) is 3. The number of hydrogen-bond donors (Lipinski definition) is 1. The number of piperidine rings is 1. The molecule has 0 aromatic heterocycles. The second kappa shape index (κ2) is 7.27. The number of carbonyl (C=O) groups excluding carboxylic acids is 1. The molecule has 1 saturated heterocycles. The lowest BCUT2D eigenvalue weighted by Gasteiger charge is -2.27. The number of anilines is 1. The monoisotopic (exact) mass is 358 g/mol. The molecule has 0 saturated carbocycles. The van der Waals surface area contributed by atoms with Crippen LogP contribution in [0.15, 0.2) is 53.4 Å². The third kappa shape index (κ3) is 4.02. The summed E-state index contributed by atoms with van der Waals surface area (Å²) in [7, 11) is -3.63. The Bertz CT molecular complexity index is 857. The van der Waals surface area contributed by atoms with E-state index in [1.807, 2.05) is 4.90 Å². The van der Waals surface area contributed by atoms with Crippen LogP contribution in [0, 0.1) is 6.92 Å². The van der Waals surface area contributed by atoms with E-state index in [1.54, 1.807) is 55.5 Å². The van der Waals surface area contributed by atoms with Crippen LogP contribution in [0.4, 0.5) is 5.69 Å². The van der Waals surface area contributed by atoms with Crippen LogP contribution >= 0.6 is 0 Å². The molecule has 1 amide bonds. The minimum atomic E-state index is -3.63. The fourth-order valence-electron chi connectivity index (χ4n) is 2.99. The van der Waals surface area contributed by atoms with Crippen molar-refractivity contribution in [2.75, 3.05) is 17.8 Å². The van der Waals surface area contributed by atoms with Crippen LogP contribution in [-0.2, 0) is 10.0 Å². The number of sulfonamides is 1. The fourth-order valence-corrected chi connectivity index (χ4v) is 4.15. The lowest BCUT2D eigenvalue weighted by atomic mass is 10.1. The molecule has 0 spiro atoms. The molecule has 25 heavy (non-hydrogen) atoms. The number of nitrogens with one attached hydrogen (secondary N) is 1. The van der Waals surface area contributed by atoms with E-state index < -0.39 is 10.0 Å². The standard InChI is InChI=1S/C19H22N2O3S/c1-15-14-16(19(22)21-12-6-3-7-13-21)10-11-18(15)20-25(23,24)17-8-4-2-5-9-17/h2,4-5,8-11,14,20H,3,6-7,12-13H2,1H3. The predicted molar refractivity (Wildman–Crippen MR) is 98.2 cm³/mol. The first-order valence-electron chi connectivity index (χ1n) is 8.45. The van der Waals surface area contributed by atoms with Gasteiger partial charge in [0, 0.05) is 18.7 Å². The van der Waals surface area contributed by atoms with E-state index in [-0.39, 0.29) is 10.8 Å². The number of benzene rings is 2. The highest BCUT2D eigenvalue weighted by Gasteiger charge is 2.20. The van der Waals surface area contributed by atoms with Crippen molar-refractivity contribution >= 4 is 21.6 Å². The van der Waals surface area contributed by atoms with Gasteiger partial charge in [-0.25, -0.2) is 8.42 Å². The van der Waals surface area contributed by atoms with Gasteiger partial charge >= 0.3 is 0 Å². The maximum Gasteiger partial charge on any atom is 0.261 e. The number of carbonyl (C=O) groups is 1. The zero-order chi connectivity index (χ0) is 17.9. The van der Waals surface area contributed by atoms with E-state index in [0.29, 0.717) is 11.3 Å². The number of amides is 1. The van der Waals surface area contributed by atoms with Crippen molar-refractivity contribution in [1.82, 2.24) is 4.90 Å². The SMILES string of the molecule is Cc1cc(C(=O)N2CCCCC2)ccc1NS(=O)(=O)c1ccccc1. The van der Waals surface area contributed by atoms with Gasteiger partial charge in [-0.1, -0.05) is 18.2 Å². The van der Waals surface area contributed by atoms with Crippen molar-refractivity contribution in [2.45, 2.75) is 31.1 Å². The summed E-state index contributed by atoms with van der Waals surface area (Å²) in [5.74, 6) is 0.0141. The fraction of sp³-hybridized carbons (Fsp3) is 0.316. The van der Waals surface area contributed by atoms with Crippen LogP contribution in [-0.4, -0.2) is 32.3 Å². The lowest BCUT2D eigenvalue weighted by molar-refractivity contribution is 0.0724. The summed E-state index contributed by atoms with van der Waals surface area (Å²) in [6.07, 6.45) is 3.25. The van der Waals surface area contributed by atoms with Gasteiger partial charge in [-0.2, -0.15) is 0 Å². The summed E-state index contributed by atoms with van der Waals surface area (Å²) in [4.78, 5) is 14.6. The summed E-state index contributed by atoms with van der Waals surface area (Å²) in [6, 6.07) is 13.3. The third-order valence-corrected chi connectivity index (χ3v) is 5.80. The minimum absolute atomic E-state index is 0.0141. The molecule has 2 aromatic rings. The predicted octanol–water partition coefficient (Wildman–Crippen LogP) is 3.42. The summed E-state index contributed by atoms with van der Waals surface area (Å²) in [5.41, 5.74) is 1.81. The molecule has 6 heteroatoms. The van der Waals surface area contributed by atoms with E-state index >= 15 is 0 Å². The van der Waals surface area contributed by atoms with Crippen LogP contribution in [0.2, 0.25) is 0 Å². The summed E-state index contributed by atoms with van der Waals surface area (Å²) >= 11 is 0. The average Bonchev–Trinajstić information content (AvgIpc) is 2.64. The second-order valence-corrected chi connectivity index (χ2v) is 7.98. The lowest BCUT2D eigenvalue weighted by Crippen LogP contribution is -2.35. The van der Waals surface area contributed by atoms with Gasteiger partial charge in [0.2, 0.25) is 0 Å². The maximum atomic E-state index is 12.6. The zero-order valence-corrected chi connectivity index (χ0v) is 15.1. The maximum absolute atomic E-state index is 12.6. The molecule has 0 unspecified atom stereocenters. The van der Waals surface area contributed by atoms with Gasteiger partial charge < -0.3 is 4.90 Å².